The Morgan fingerprint density at radius 1 is 1.11 bits per heavy atom. The van der Waals surface area contributed by atoms with Crippen molar-refractivity contribution >= 4 is 21.6 Å². The molecule has 8 nitrogen and oxygen atoms in total. The molecule has 0 N–H and O–H groups in total. The van der Waals surface area contributed by atoms with E-state index in [1.54, 1.807) is 40.1 Å². The Balaban J connectivity index is 1.44. The number of hydrogen-bond acceptors (Lipinski definition) is 6. The maximum absolute atomic E-state index is 13.2. The summed E-state index contributed by atoms with van der Waals surface area (Å²) in [6.45, 7) is 9.47. The molecular weight excluding hydrogens is 488 g/mol. The van der Waals surface area contributed by atoms with Crippen molar-refractivity contribution in [1.82, 2.24) is 14.2 Å². The van der Waals surface area contributed by atoms with Gasteiger partial charge in [0.25, 0.3) is 0 Å². The van der Waals surface area contributed by atoms with E-state index in [4.69, 9.17) is 4.74 Å². The summed E-state index contributed by atoms with van der Waals surface area (Å²) in [6.07, 6.45) is 7.53. The SMILES string of the molecule is CCN(CC1CCN(c2ccncc2)CC1)C(=O)CCCCN(C)S(=O)(=O)c1c(C)cc(OC)cc1C. The van der Waals surface area contributed by atoms with Crippen LogP contribution in [0.25, 0.3) is 0 Å². The van der Waals surface area contributed by atoms with E-state index in [0.29, 0.717) is 60.0 Å². The van der Waals surface area contributed by atoms with Crippen molar-refractivity contribution in [1.29, 1.82) is 0 Å². The van der Waals surface area contributed by atoms with Gasteiger partial charge >= 0.3 is 0 Å². The minimum absolute atomic E-state index is 0.159. The molecule has 1 aliphatic heterocycles. The normalized spacial score (nSPS) is 14.7. The fraction of sp³-hybridized carbons (Fsp3) is 0.571. The summed E-state index contributed by atoms with van der Waals surface area (Å²) < 4.78 is 33.0. The Morgan fingerprint density at radius 3 is 2.30 bits per heavy atom. The van der Waals surface area contributed by atoms with Gasteiger partial charge in [0.2, 0.25) is 15.9 Å². The lowest BCUT2D eigenvalue weighted by atomic mass is 9.95. The number of ether oxygens (including phenoxy) is 1. The number of piperidine rings is 1. The Morgan fingerprint density at radius 2 is 1.73 bits per heavy atom. The molecule has 3 rings (SSSR count). The van der Waals surface area contributed by atoms with Crippen LogP contribution >= 0.6 is 0 Å². The summed E-state index contributed by atoms with van der Waals surface area (Å²) in [4.78, 5) is 21.7. The predicted molar refractivity (Wildman–Crippen MR) is 148 cm³/mol. The lowest BCUT2D eigenvalue weighted by Crippen LogP contribution is -2.41. The van der Waals surface area contributed by atoms with Gasteiger partial charge in [-0.2, -0.15) is 0 Å². The molecule has 1 aliphatic rings. The zero-order valence-electron chi connectivity index (χ0n) is 22.9. The molecule has 1 saturated heterocycles. The summed E-state index contributed by atoms with van der Waals surface area (Å²) >= 11 is 0. The average molecular weight is 531 g/mol. The number of amides is 1. The fourth-order valence-corrected chi connectivity index (χ4v) is 6.74. The van der Waals surface area contributed by atoms with Gasteiger partial charge in [0.1, 0.15) is 5.75 Å². The number of sulfonamides is 1. The van der Waals surface area contributed by atoms with E-state index in [2.05, 4.69) is 9.88 Å². The van der Waals surface area contributed by atoms with E-state index in [-0.39, 0.29) is 5.91 Å². The second-order valence-corrected chi connectivity index (χ2v) is 11.9. The van der Waals surface area contributed by atoms with E-state index >= 15 is 0 Å². The Hall–Kier alpha value is -2.65. The van der Waals surface area contributed by atoms with E-state index < -0.39 is 10.0 Å². The molecule has 0 spiro atoms. The molecule has 0 radical (unpaired) electrons. The van der Waals surface area contributed by atoms with Crippen LogP contribution in [0.15, 0.2) is 41.6 Å². The summed E-state index contributed by atoms with van der Waals surface area (Å²) in [5.74, 6) is 1.32. The monoisotopic (exact) mass is 530 g/mol. The van der Waals surface area contributed by atoms with Crippen LogP contribution in [0.5, 0.6) is 5.75 Å². The van der Waals surface area contributed by atoms with Gasteiger partial charge in [-0.1, -0.05) is 0 Å². The number of carbonyl (C=O) groups excluding carboxylic acids is 1. The van der Waals surface area contributed by atoms with Crippen molar-refractivity contribution in [3.05, 3.63) is 47.8 Å². The van der Waals surface area contributed by atoms with Crippen LogP contribution in [-0.4, -0.2) is 75.4 Å². The van der Waals surface area contributed by atoms with Crippen molar-refractivity contribution in [2.75, 3.05) is 51.8 Å². The first kappa shape index (κ1) is 28.9. The highest BCUT2D eigenvalue weighted by Gasteiger charge is 2.26. The second kappa shape index (κ2) is 13.2. The van der Waals surface area contributed by atoms with Crippen molar-refractivity contribution in [3.63, 3.8) is 0 Å². The Bertz CT molecular complexity index is 1110. The van der Waals surface area contributed by atoms with E-state index in [1.807, 2.05) is 36.4 Å². The van der Waals surface area contributed by atoms with Gasteiger partial charge in [-0.3, -0.25) is 9.78 Å². The average Bonchev–Trinajstić information content (AvgIpc) is 2.89. The molecule has 9 heteroatoms. The van der Waals surface area contributed by atoms with Crippen LogP contribution in [0, 0.1) is 19.8 Å². The molecule has 0 aliphatic carbocycles. The fourth-order valence-electron chi connectivity index (χ4n) is 5.13. The number of rotatable bonds is 12. The van der Waals surface area contributed by atoms with Gasteiger partial charge in [0.05, 0.1) is 12.0 Å². The second-order valence-electron chi connectivity index (χ2n) is 9.94. The quantitative estimate of drug-likeness (QED) is 0.381. The first-order chi connectivity index (χ1) is 17.7. The number of unbranched alkanes of at least 4 members (excludes halogenated alkanes) is 1. The van der Waals surface area contributed by atoms with Crippen molar-refractivity contribution in [2.45, 2.75) is 57.8 Å². The minimum atomic E-state index is -3.62. The summed E-state index contributed by atoms with van der Waals surface area (Å²) in [7, 11) is -0.436. The van der Waals surface area contributed by atoms with Crippen molar-refractivity contribution in [2.24, 2.45) is 5.92 Å². The van der Waals surface area contributed by atoms with E-state index in [1.165, 1.54) is 9.99 Å². The molecule has 0 unspecified atom stereocenters. The summed E-state index contributed by atoms with van der Waals surface area (Å²) in [5, 5.41) is 0. The number of nitrogens with zero attached hydrogens (tertiary/aromatic N) is 4. The number of aryl methyl sites for hydroxylation is 2. The highest BCUT2D eigenvalue weighted by Crippen LogP contribution is 2.28. The maximum atomic E-state index is 13.2. The van der Waals surface area contributed by atoms with Gasteiger partial charge in [-0.05, 0) is 87.8 Å². The number of hydrogen-bond donors (Lipinski definition) is 0. The molecule has 1 fully saturated rings. The van der Waals surface area contributed by atoms with E-state index in [9.17, 15) is 13.2 Å². The highest BCUT2D eigenvalue weighted by atomic mass is 32.2. The van der Waals surface area contributed by atoms with Crippen LogP contribution in [-0.2, 0) is 14.8 Å². The minimum Gasteiger partial charge on any atom is -0.497 e. The Labute approximate surface area is 222 Å². The molecule has 0 atom stereocenters. The van der Waals surface area contributed by atoms with E-state index in [0.717, 1.165) is 32.5 Å². The van der Waals surface area contributed by atoms with Crippen molar-refractivity contribution in [3.8, 4) is 5.75 Å². The number of aromatic nitrogens is 1. The van der Waals surface area contributed by atoms with Gasteiger partial charge in [-0.25, -0.2) is 12.7 Å². The van der Waals surface area contributed by atoms with Gasteiger partial charge in [-0.15, -0.1) is 0 Å². The van der Waals surface area contributed by atoms with Gasteiger partial charge in [0.15, 0.2) is 0 Å². The summed E-state index contributed by atoms with van der Waals surface area (Å²) in [6, 6.07) is 7.58. The highest BCUT2D eigenvalue weighted by molar-refractivity contribution is 7.89. The lowest BCUT2D eigenvalue weighted by Gasteiger charge is -2.36. The smallest absolute Gasteiger partial charge is 0.243 e. The molecule has 2 heterocycles. The van der Waals surface area contributed by atoms with Crippen molar-refractivity contribution < 1.29 is 17.9 Å². The third-order valence-electron chi connectivity index (χ3n) is 7.31. The van der Waals surface area contributed by atoms with Crippen LogP contribution in [0.3, 0.4) is 0 Å². The van der Waals surface area contributed by atoms with Crippen LogP contribution in [0.4, 0.5) is 5.69 Å². The van der Waals surface area contributed by atoms with Crippen LogP contribution in [0.1, 0.15) is 50.2 Å². The predicted octanol–water partition coefficient (Wildman–Crippen LogP) is 4.26. The largest absolute Gasteiger partial charge is 0.497 e. The van der Waals surface area contributed by atoms with Gasteiger partial charge < -0.3 is 14.5 Å². The number of anilines is 1. The molecular formula is C28H42N4O4S. The maximum Gasteiger partial charge on any atom is 0.243 e. The third-order valence-corrected chi connectivity index (χ3v) is 9.47. The Kier molecular flexibility index (Phi) is 10.3. The zero-order chi connectivity index (χ0) is 27.0. The topological polar surface area (TPSA) is 83.0 Å². The number of pyridine rings is 1. The zero-order valence-corrected chi connectivity index (χ0v) is 23.8. The van der Waals surface area contributed by atoms with Crippen LogP contribution in [0.2, 0.25) is 0 Å². The number of benzene rings is 1. The standard InChI is InChI=1S/C28H42N4O4S/c1-6-31(21-24-12-17-32(18-13-24)25-10-14-29-15-11-25)27(33)9-7-8-16-30(4)37(34,35)28-22(2)19-26(36-5)20-23(28)3/h10-11,14-15,19-20,24H,6-9,12-13,16-18,21H2,1-5H3. The first-order valence-corrected chi connectivity index (χ1v) is 14.7. The molecule has 1 aromatic carbocycles. The van der Waals surface area contributed by atoms with Crippen LogP contribution < -0.4 is 9.64 Å². The van der Waals surface area contributed by atoms with Gasteiger partial charge in [0, 0.05) is 64.3 Å². The number of carbonyl (C=O) groups is 1. The molecule has 1 aromatic heterocycles. The molecule has 204 valence electrons. The lowest BCUT2D eigenvalue weighted by molar-refractivity contribution is -0.131. The molecule has 37 heavy (non-hydrogen) atoms. The molecule has 1 amide bonds. The third kappa shape index (κ3) is 7.45. The first-order valence-electron chi connectivity index (χ1n) is 13.2. The number of methoxy groups -OCH3 is 1. The molecule has 0 bridgehead atoms. The molecule has 0 saturated carbocycles. The summed E-state index contributed by atoms with van der Waals surface area (Å²) in [5.41, 5.74) is 2.55. The molecule has 2 aromatic rings.